The Labute approximate surface area is 276 Å². The smallest absolute Gasteiger partial charge is 0.0433 e. The number of thiophene rings is 1. The summed E-state index contributed by atoms with van der Waals surface area (Å²) in [5.74, 6) is 0. The van der Waals surface area contributed by atoms with E-state index >= 15 is 0 Å². The average molecular weight is 613 g/mol. The summed E-state index contributed by atoms with van der Waals surface area (Å²) in [7, 11) is 0. The normalized spacial score (nSPS) is 11.8. The third-order valence-electron chi connectivity index (χ3n) is 9.86. The Hall–Kier alpha value is -5.76. The van der Waals surface area contributed by atoms with E-state index in [9.17, 15) is 0 Å². The molecule has 0 amide bonds. The lowest BCUT2D eigenvalue weighted by Crippen LogP contribution is -1.92. The summed E-state index contributed by atoms with van der Waals surface area (Å²) in [4.78, 5) is 0. The number of benzene rings is 9. The highest BCUT2D eigenvalue weighted by Gasteiger charge is 2.19. The van der Waals surface area contributed by atoms with Crippen molar-refractivity contribution in [2.24, 2.45) is 0 Å². The van der Waals surface area contributed by atoms with Crippen LogP contribution in [0.15, 0.2) is 170 Å². The van der Waals surface area contributed by atoms with Crippen LogP contribution in [-0.4, -0.2) is 0 Å². The maximum Gasteiger partial charge on any atom is 0.0433 e. The van der Waals surface area contributed by atoms with Crippen molar-refractivity contribution in [3.63, 3.8) is 0 Å². The van der Waals surface area contributed by atoms with Crippen LogP contribution in [0.3, 0.4) is 0 Å². The van der Waals surface area contributed by atoms with Crippen molar-refractivity contribution >= 4 is 74.6 Å². The molecule has 1 heterocycles. The second-order valence-electron chi connectivity index (χ2n) is 12.4. The predicted molar refractivity (Wildman–Crippen MR) is 206 cm³/mol. The molecule has 0 aliphatic rings. The molecule has 0 N–H and O–H groups in total. The zero-order valence-electron chi connectivity index (χ0n) is 25.6. The Morgan fingerprint density at radius 2 is 0.830 bits per heavy atom. The molecular weight excluding hydrogens is 585 g/mol. The zero-order chi connectivity index (χ0) is 30.9. The minimum absolute atomic E-state index is 1.24. The standard InChI is InChI=1S/C46H28S/c1-2-12-29(13-3-1)32-26-27-41(35-17-7-6-16-34(32)35)45-39-20-10-8-18-37(39)44(38-19-9-11-21-40(38)45)31-23-24-36-42-25-22-30-14-4-5-15-33(30)46(42)47-43(36)28-31/h1-28H. The molecule has 0 unspecified atom stereocenters. The van der Waals surface area contributed by atoms with Crippen LogP contribution in [0.4, 0.5) is 0 Å². The molecule has 1 aromatic heterocycles. The molecule has 0 saturated heterocycles. The summed E-state index contributed by atoms with van der Waals surface area (Å²) in [6.45, 7) is 0. The third kappa shape index (κ3) is 4.00. The molecule has 0 aliphatic heterocycles. The SMILES string of the molecule is c1ccc(-c2ccc(-c3c4ccccc4c(-c4ccc5c(c4)sc4c6ccccc6ccc54)c4ccccc34)c3ccccc23)cc1. The van der Waals surface area contributed by atoms with Crippen LogP contribution in [0.25, 0.3) is 96.6 Å². The van der Waals surface area contributed by atoms with E-state index in [1.807, 2.05) is 11.3 Å². The van der Waals surface area contributed by atoms with Crippen molar-refractivity contribution in [1.82, 2.24) is 0 Å². The van der Waals surface area contributed by atoms with Gasteiger partial charge in [-0.05, 0) is 82.5 Å². The maximum absolute atomic E-state index is 2.42. The van der Waals surface area contributed by atoms with Crippen LogP contribution in [0.5, 0.6) is 0 Å². The van der Waals surface area contributed by atoms with E-state index in [1.54, 1.807) is 0 Å². The first-order valence-electron chi connectivity index (χ1n) is 16.2. The number of fused-ring (bicyclic) bond motifs is 8. The van der Waals surface area contributed by atoms with Gasteiger partial charge in [-0.3, -0.25) is 0 Å². The molecule has 0 nitrogen and oxygen atoms in total. The summed E-state index contributed by atoms with van der Waals surface area (Å²) in [6, 6.07) is 62.6. The van der Waals surface area contributed by atoms with Crippen molar-refractivity contribution < 1.29 is 0 Å². The monoisotopic (exact) mass is 612 g/mol. The van der Waals surface area contributed by atoms with E-state index in [2.05, 4.69) is 170 Å². The fourth-order valence-corrected chi connectivity index (χ4v) is 9.05. The first kappa shape index (κ1) is 26.5. The van der Waals surface area contributed by atoms with Gasteiger partial charge >= 0.3 is 0 Å². The molecule has 0 spiro atoms. The lowest BCUT2D eigenvalue weighted by molar-refractivity contribution is 1.64. The van der Waals surface area contributed by atoms with Gasteiger partial charge in [-0.25, -0.2) is 0 Å². The Kier molecular flexibility index (Phi) is 5.85. The van der Waals surface area contributed by atoms with Crippen LogP contribution in [0, 0.1) is 0 Å². The van der Waals surface area contributed by atoms with Crippen LogP contribution in [-0.2, 0) is 0 Å². The molecule has 218 valence electrons. The Morgan fingerprint density at radius 1 is 0.298 bits per heavy atom. The van der Waals surface area contributed by atoms with Crippen molar-refractivity contribution in [3.8, 4) is 33.4 Å². The Bertz CT molecular complexity index is 2780. The summed E-state index contributed by atoms with van der Waals surface area (Å²) in [6.07, 6.45) is 0. The van der Waals surface area contributed by atoms with Gasteiger partial charge in [-0.2, -0.15) is 0 Å². The van der Waals surface area contributed by atoms with E-state index in [1.165, 1.54) is 96.6 Å². The van der Waals surface area contributed by atoms with Gasteiger partial charge in [0.1, 0.15) is 0 Å². The molecule has 1 heteroatoms. The van der Waals surface area contributed by atoms with Crippen LogP contribution in [0.1, 0.15) is 0 Å². The van der Waals surface area contributed by atoms with Gasteiger partial charge in [0.15, 0.2) is 0 Å². The molecule has 10 rings (SSSR count). The minimum atomic E-state index is 1.24. The van der Waals surface area contributed by atoms with Gasteiger partial charge in [-0.1, -0.05) is 164 Å². The van der Waals surface area contributed by atoms with Gasteiger partial charge in [0.2, 0.25) is 0 Å². The molecule has 0 radical (unpaired) electrons. The van der Waals surface area contributed by atoms with Gasteiger partial charge < -0.3 is 0 Å². The molecule has 0 fully saturated rings. The molecule has 10 aromatic rings. The number of hydrogen-bond acceptors (Lipinski definition) is 1. The highest BCUT2D eigenvalue weighted by atomic mass is 32.1. The van der Waals surface area contributed by atoms with E-state index < -0.39 is 0 Å². The second kappa shape index (κ2) is 10.4. The van der Waals surface area contributed by atoms with E-state index in [4.69, 9.17) is 0 Å². The lowest BCUT2D eigenvalue weighted by Gasteiger charge is -2.19. The Balaban J connectivity index is 1.26. The zero-order valence-corrected chi connectivity index (χ0v) is 26.4. The maximum atomic E-state index is 2.42. The molecule has 0 atom stereocenters. The fourth-order valence-electron chi connectivity index (χ4n) is 7.78. The van der Waals surface area contributed by atoms with Crippen molar-refractivity contribution in [2.45, 2.75) is 0 Å². The number of hydrogen-bond donors (Lipinski definition) is 0. The summed E-state index contributed by atoms with van der Waals surface area (Å²) in [5.41, 5.74) is 7.63. The van der Waals surface area contributed by atoms with E-state index in [-0.39, 0.29) is 0 Å². The molecule has 9 aromatic carbocycles. The highest BCUT2D eigenvalue weighted by molar-refractivity contribution is 7.26. The van der Waals surface area contributed by atoms with Gasteiger partial charge in [0.25, 0.3) is 0 Å². The van der Waals surface area contributed by atoms with Crippen molar-refractivity contribution in [2.75, 3.05) is 0 Å². The third-order valence-corrected chi connectivity index (χ3v) is 11.1. The summed E-state index contributed by atoms with van der Waals surface area (Å²) in [5, 5.41) is 13.0. The van der Waals surface area contributed by atoms with Crippen LogP contribution < -0.4 is 0 Å². The van der Waals surface area contributed by atoms with Crippen molar-refractivity contribution in [3.05, 3.63) is 170 Å². The largest absolute Gasteiger partial charge is 0.135 e. The lowest BCUT2D eigenvalue weighted by atomic mass is 9.83. The number of rotatable bonds is 3. The van der Waals surface area contributed by atoms with Crippen molar-refractivity contribution in [1.29, 1.82) is 0 Å². The van der Waals surface area contributed by atoms with Gasteiger partial charge in [0, 0.05) is 20.2 Å². The topological polar surface area (TPSA) is 0 Å². The summed E-state index contributed by atoms with van der Waals surface area (Å²) >= 11 is 1.91. The molecule has 0 saturated carbocycles. The summed E-state index contributed by atoms with van der Waals surface area (Å²) < 4.78 is 2.69. The first-order chi connectivity index (χ1) is 23.3. The quantitative estimate of drug-likeness (QED) is 0.174. The first-order valence-corrected chi connectivity index (χ1v) is 17.0. The average Bonchev–Trinajstić information content (AvgIpc) is 3.52. The second-order valence-corrected chi connectivity index (χ2v) is 13.4. The van der Waals surface area contributed by atoms with E-state index in [0.29, 0.717) is 0 Å². The molecular formula is C46H28S. The minimum Gasteiger partial charge on any atom is -0.135 e. The van der Waals surface area contributed by atoms with Gasteiger partial charge in [0.05, 0.1) is 0 Å². The van der Waals surface area contributed by atoms with E-state index in [0.717, 1.165) is 0 Å². The predicted octanol–water partition coefficient (Wildman–Crippen LogP) is 13.7. The Morgan fingerprint density at radius 3 is 1.53 bits per heavy atom. The molecule has 47 heavy (non-hydrogen) atoms. The molecule has 0 bridgehead atoms. The fraction of sp³-hybridized carbons (Fsp3) is 0. The van der Waals surface area contributed by atoms with Gasteiger partial charge in [-0.15, -0.1) is 11.3 Å². The highest BCUT2D eigenvalue weighted by Crippen LogP contribution is 2.47. The van der Waals surface area contributed by atoms with Crippen LogP contribution in [0.2, 0.25) is 0 Å². The van der Waals surface area contributed by atoms with Crippen LogP contribution >= 0.6 is 11.3 Å². The molecule has 0 aliphatic carbocycles.